The molecular weight excluding hydrogens is 412 g/mol. The lowest BCUT2D eigenvalue weighted by Crippen LogP contribution is -2.39. The highest BCUT2D eigenvalue weighted by Gasteiger charge is 2.23. The highest BCUT2D eigenvalue weighted by Crippen LogP contribution is 2.25. The van der Waals surface area contributed by atoms with E-state index in [1.807, 2.05) is 42.6 Å². The van der Waals surface area contributed by atoms with Gasteiger partial charge in [0.05, 0.1) is 30.4 Å². The van der Waals surface area contributed by atoms with Gasteiger partial charge in [0, 0.05) is 61.4 Å². The first-order valence-electron chi connectivity index (χ1n) is 11.7. The van der Waals surface area contributed by atoms with Gasteiger partial charge >= 0.3 is 0 Å². The number of rotatable bonds is 6. The molecule has 0 radical (unpaired) electrons. The lowest BCUT2D eigenvalue weighted by Gasteiger charge is -2.34. The van der Waals surface area contributed by atoms with Gasteiger partial charge in [-0.3, -0.25) is 19.1 Å². The third kappa shape index (κ3) is 4.59. The van der Waals surface area contributed by atoms with E-state index < -0.39 is 0 Å². The Balaban J connectivity index is 1.29. The van der Waals surface area contributed by atoms with E-state index in [4.69, 9.17) is 0 Å². The van der Waals surface area contributed by atoms with Crippen molar-refractivity contribution in [2.45, 2.75) is 45.2 Å². The summed E-state index contributed by atoms with van der Waals surface area (Å²) in [4.78, 5) is 20.0. The quantitative estimate of drug-likeness (QED) is 0.417. The first-order valence-corrected chi connectivity index (χ1v) is 11.7. The molecule has 1 aliphatic heterocycles. The van der Waals surface area contributed by atoms with Crippen LogP contribution in [0.2, 0.25) is 0 Å². The Kier molecular flexibility index (Phi) is 5.81. The van der Waals surface area contributed by atoms with Crippen LogP contribution in [0.5, 0.6) is 0 Å². The van der Waals surface area contributed by atoms with Crippen molar-refractivity contribution in [1.82, 2.24) is 29.4 Å². The van der Waals surface area contributed by atoms with Crippen LogP contribution in [-0.2, 0) is 13.5 Å². The Labute approximate surface area is 194 Å². The number of ketones is 1. The van der Waals surface area contributed by atoms with Gasteiger partial charge in [-0.1, -0.05) is 12.1 Å². The van der Waals surface area contributed by atoms with E-state index in [-0.39, 0.29) is 12.2 Å². The summed E-state index contributed by atoms with van der Waals surface area (Å²) in [6.45, 7) is 6.64. The fourth-order valence-electron chi connectivity index (χ4n) is 4.65. The largest absolute Gasteiger partial charge is 0.301 e. The number of likely N-dealkylation sites (tertiary alicyclic amines) is 1. The number of hydrogen-bond donors (Lipinski definition) is 0. The van der Waals surface area contributed by atoms with Crippen molar-refractivity contribution in [3.8, 4) is 11.1 Å². The second-order valence-corrected chi connectivity index (χ2v) is 9.31. The van der Waals surface area contributed by atoms with E-state index in [0.717, 1.165) is 53.5 Å². The van der Waals surface area contributed by atoms with Crippen molar-refractivity contribution in [2.24, 2.45) is 7.05 Å². The van der Waals surface area contributed by atoms with Gasteiger partial charge in [-0.2, -0.15) is 10.2 Å². The van der Waals surface area contributed by atoms with Crippen molar-refractivity contribution >= 4 is 16.6 Å². The predicted octanol–water partition coefficient (Wildman–Crippen LogP) is 4.30. The minimum Gasteiger partial charge on any atom is -0.301 e. The molecule has 0 amide bonds. The van der Waals surface area contributed by atoms with Gasteiger partial charge in [0.2, 0.25) is 0 Å². The lowest BCUT2D eigenvalue weighted by molar-refractivity contribution is 0.0991. The predicted molar refractivity (Wildman–Crippen MR) is 129 cm³/mol. The number of benzene rings is 1. The second-order valence-electron chi connectivity index (χ2n) is 9.31. The van der Waals surface area contributed by atoms with E-state index in [9.17, 15) is 4.79 Å². The molecule has 0 atom stereocenters. The van der Waals surface area contributed by atoms with Crippen molar-refractivity contribution in [3.05, 3.63) is 66.5 Å². The summed E-state index contributed by atoms with van der Waals surface area (Å²) in [6.07, 6.45) is 11.7. The SMILES string of the molecule is CC(C)N1CCC(n2cc(C(=O)Cc3cc4cc(-c5cnn(C)c5)ccc4cn3)cn2)CC1. The normalized spacial score (nSPS) is 15.5. The highest BCUT2D eigenvalue weighted by molar-refractivity contribution is 5.97. The molecule has 7 heteroatoms. The maximum atomic E-state index is 13.0. The van der Waals surface area contributed by atoms with E-state index >= 15 is 0 Å². The molecular formula is C26H30N6O. The number of carbonyl (C=O) groups excluding carboxylic acids is 1. The maximum Gasteiger partial charge on any atom is 0.171 e. The van der Waals surface area contributed by atoms with E-state index in [1.165, 1.54) is 0 Å². The molecule has 4 heterocycles. The van der Waals surface area contributed by atoms with Gasteiger partial charge in [-0.05, 0) is 49.8 Å². The fourth-order valence-corrected chi connectivity index (χ4v) is 4.65. The minimum absolute atomic E-state index is 0.0520. The zero-order valence-corrected chi connectivity index (χ0v) is 19.5. The summed E-state index contributed by atoms with van der Waals surface area (Å²) in [6, 6.07) is 9.22. The molecule has 5 rings (SSSR count). The van der Waals surface area contributed by atoms with Gasteiger partial charge in [0.25, 0.3) is 0 Å². The molecule has 0 spiro atoms. The third-order valence-corrected chi connectivity index (χ3v) is 6.69. The molecule has 0 N–H and O–H groups in total. The molecule has 1 aliphatic rings. The molecule has 3 aromatic heterocycles. The Morgan fingerprint density at radius 2 is 1.82 bits per heavy atom. The second kappa shape index (κ2) is 8.90. The van der Waals surface area contributed by atoms with Crippen LogP contribution in [0.4, 0.5) is 0 Å². The Morgan fingerprint density at radius 3 is 2.55 bits per heavy atom. The number of hydrogen-bond acceptors (Lipinski definition) is 5. The van der Waals surface area contributed by atoms with Crippen LogP contribution >= 0.6 is 0 Å². The molecule has 0 unspecified atom stereocenters. The van der Waals surface area contributed by atoms with Crippen molar-refractivity contribution < 1.29 is 4.79 Å². The first-order chi connectivity index (χ1) is 16.0. The summed E-state index contributed by atoms with van der Waals surface area (Å²) in [5.41, 5.74) is 3.60. The van der Waals surface area contributed by atoms with E-state index in [2.05, 4.69) is 52.1 Å². The summed E-state index contributed by atoms with van der Waals surface area (Å²) in [5.74, 6) is 0.0520. The Morgan fingerprint density at radius 1 is 1.00 bits per heavy atom. The lowest BCUT2D eigenvalue weighted by atomic mass is 10.0. The van der Waals surface area contributed by atoms with Gasteiger partial charge in [-0.25, -0.2) is 0 Å². The van der Waals surface area contributed by atoms with Crippen molar-refractivity contribution in [1.29, 1.82) is 0 Å². The van der Waals surface area contributed by atoms with Crippen LogP contribution in [0.3, 0.4) is 0 Å². The van der Waals surface area contributed by atoms with Gasteiger partial charge in [0.1, 0.15) is 0 Å². The third-order valence-electron chi connectivity index (χ3n) is 6.69. The molecule has 1 saturated heterocycles. The van der Waals surface area contributed by atoms with Crippen LogP contribution in [0.15, 0.2) is 55.2 Å². The summed E-state index contributed by atoms with van der Waals surface area (Å²) in [5, 5.41) is 10.9. The molecule has 0 aliphatic carbocycles. The molecule has 1 aromatic carbocycles. The number of aromatic nitrogens is 5. The number of aryl methyl sites for hydroxylation is 1. The van der Waals surface area contributed by atoms with Crippen molar-refractivity contribution in [2.75, 3.05) is 13.1 Å². The van der Waals surface area contributed by atoms with Gasteiger partial charge in [0.15, 0.2) is 5.78 Å². The number of nitrogens with zero attached hydrogens (tertiary/aromatic N) is 6. The number of fused-ring (bicyclic) bond motifs is 1. The van der Waals surface area contributed by atoms with Crippen LogP contribution < -0.4 is 0 Å². The average Bonchev–Trinajstić information content (AvgIpc) is 3.48. The maximum absolute atomic E-state index is 13.0. The zero-order valence-electron chi connectivity index (χ0n) is 19.5. The van der Waals surface area contributed by atoms with Crippen LogP contribution in [0.25, 0.3) is 21.9 Å². The Bertz CT molecular complexity index is 1280. The average molecular weight is 443 g/mol. The minimum atomic E-state index is 0.0520. The number of piperidine rings is 1. The molecule has 33 heavy (non-hydrogen) atoms. The monoisotopic (exact) mass is 442 g/mol. The van der Waals surface area contributed by atoms with Crippen LogP contribution in [0, 0.1) is 0 Å². The Hall–Kier alpha value is -3.32. The molecule has 0 bridgehead atoms. The topological polar surface area (TPSA) is 68.8 Å². The smallest absolute Gasteiger partial charge is 0.171 e. The van der Waals surface area contributed by atoms with Crippen LogP contribution in [-0.4, -0.2) is 54.4 Å². The standard InChI is InChI=1S/C26H30N6O/c1-18(2)31-8-6-25(7-9-31)32-17-23(15-29-32)26(33)12-24-11-21-10-19(4-5-20(21)13-27-24)22-14-28-30(3)16-22/h4-5,10-11,13-18,25H,6-9,12H2,1-3H3. The number of pyridine rings is 1. The molecule has 1 fully saturated rings. The van der Waals surface area contributed by atoms with E-state index in [1.54, 1.807) is 10.9 Å². The van der Waals surface area contributed by atoms with Gasteiger partial charge < -0.3 is 4.90 Å². The molecule has 4 aromatic rings. The van der Waals surface area contributed by atoms with Crippen molar-refractivity contribution in [3.63, 3.8) is 0 Å². The van der Waals surface area contributed by atoms with Gasteiger partial charge in [-0.15, -0.1) is 0 Å². The summed E-state index contributed by atoms with van der Waals surface area (Å²) in [7, 11) is 1.91. The van der Waals surface area contributed by atoms with Crippen LogP contribution in [0.1, 0.15) is 48.8 Å². The number of carbonyl (C=O) groups is 1. The highest BCUT2D eigenvalue weighted by atomic mass is 16.1. The molecule has 170 valence electrons. The summed E-state index contributed by atoms with van der Waals surface area (Å²) < 4.78 is 3.78. The summed E-state index contributed by atoms with van der Waals surface area (Å²) >= 11 is 0. The first kappa shape index (κ1) is 21.5. The number of Topliss-reactive ketones (excluding diaryl/α,β-unsaturated/α-hetero) is 1. The molecule has 7 nitrogen and oxygen atoms in total. The zero-order chi connectivity index (χ0) is 22.9. The molecule has 0 saturated carbocycles. The van der Waals surface area contributed by atoms with E-state index in [0.29, 0.717) is 17.6 Å². The fraction of sp³-hybridized carbons (Fsp3) is 0.385.